The van der Waals surface area contributed by atoms with Gasteiger partial charge in [0.25, 0.3) is 0 Å². The molecular formula is C12H23N3O. The van der Waals surface area contributed by atoms with Gasteiger partial charge in [0.1, 0.15) is 0 Å². The Labute approximate surface area is 98.2 Å². The van der Waals surface area contributed by atoms with Crippen LogP contribution in [0.1, 0.15) is 19.8 Å². The third kappa shape index (κ3) is 2.09. The van der Waals surface area contributed by atoms with Crippen LogP contribution in [-0.4, -0.2) is 73.0 Å². The quantitative estimate of drug-likeness (QED) is 0.630. The lowest BCUT2D eigenvalue weighted by Crippen LogP contribution is -2.64. The highest BCUT2D eigenvalue weighted by atomic mass is 16.1. The van der Waals surface area contributed by atoms with E-state index in [9.17, 15) is 4.79 Å². The maximum absolute atomic E-state index is 10.7. The minimum Gasteiger partial charge on any atom is -0.345 e. The number of rotatable bonds is 2. The highest BCUT2D eigenvalue weighted by Crippen LogP contribution is 2.31. The van der Waals surface area contributed by atoms with E-state index in [1.165, 1.54) is 13.1 Å². The molecule has 2 rings (SSSR count). The fraction of sp³-hybridized carbons (Fsp3) is 0.917. The van der Waals surface area contributed by atoms with Gasteiger partial charge in [-0.1, -0.05) is 6.92 Å². The second-order valence-electron chi connectivity index (χ2n) is 5.18. The number of carbonyl (C=O) groups excluding carboxylic acids is 1. The zero-order valence-corrected chi connectivity index (χ0v) is 10.5. The van der Waals surface area contributed by atoms with Crippen molar-refractivity contribution in [3.8, 4) is 0 Å². The van der Waals surface area contributed by atoms with Crippen LogP contribution in [0.4, 0.5) is 0 Å². The maximum Gasteiger partial charge on any atom is 0.209 e. The highest BCUT2D eigenvalue weighted by molar-refractivity contribution is 5.47. The number of carbonyl (C=O) groups is 1. The fourth-order valence-corrected chi connectivity index (χ4v) is 3.22. The van der Waals surface area contributed by atoms with Crippen LogP contribution in [0.3, 0.4) is 0 Å². The molecule has 2 heterocycles. The van der Waals surface area contributed by atoms with Crippen LogP contribution >= 0.6 is 0 Å². The van der Waals surface area contributed by atoms with Gasteiger partial charge in [-0.25, -0.2) is 0 Å². The largest absolute Gasteiger partial charge is 0.345 e. The standard InChI is InChI=1S/C12H23N3O/c1-3-15-9-8-13(2)10-12(15)4-6-14(11-16)7-5-12/h11H,3-10H2,1-2H3. The van der Waals surface area contributed by atoms with Crippen LogP contribution in [0.25, 0.3) is 0 Å². The van der Waals surface area contributed by atoms with E-state index in [2.05, 4.69) is 23.8 Å². The molecule has 0 atom stereocenters. The zero-order valence-electron chi connectivity index (χ0n) is 10.5. The first-order chi connectivity index (χ1) is 7.70. The van der Waals surface area contributed by atoms with Crippen LogP contribution in [0, 0.1) is 0 Å². The Morgan fingerprint density at radius 2 is 1.88 bits per heavy atom. The Morgan fingerprint density at radius 3 is 2.44 bits per heavy atom. The van der Waals surface area contributed by atoms with Crippen molar-refractivity contribution in [2.75, 3.05) is 46.3 Å². The van der Waals surface area contributed by atoms with E-state index >= 15 is 0 Å². The van der Waals surface area contributed by atoms with Crippen molar-refractivity contribution in [2.45, 2.75) is 25.3 Å². The summed E-state index contributed by atoms with van der Waals surface area (Å²) in [6.45, 7) is 8.74. The molecule has 0 aromatic carbocycles. The van der Waals surface area contributed by atoms with Crippen molar-refractivity contribution in [3.63, 3.8) is 0 Å². The summed E-state index contributed by atoms with van der Waals surface area (Å²) in [5, 5.41) is 0. The molecule has 0 aliphatic carbocycles. The molecule has 0 unspecified atom stereocenters. The number of hydrogen-bond donors (Lipinski definition) is 0. The van der Waals surface area contributed by atoms with Gasteiger partial charge in [-0.15, -0.1) is 0 Å². The molecule has 0 aromatic rings. The lowest BCUT2D eigenvalue weighted by Gasteiger charge is -2.53. The van der Waals surface area contributed by atoms with Gasteiger partial charge in [-0.2, -0.15) is 0 Å². The third-order valence-electron chi connectivity index (χ3n) is 4.25. The average Bonchev–Trinajstić information content (AvgIpc) is 2.30. The molecule has 16 heavy (non-hydrogen) atoms. The smallest absolute Gasteiger partial charge is 0.209 e. The maximum atomic E-state index is 10.7. The van der Waals surface area contributed by atoms with E-state index in [0.717, 1.165) is 45.4 Å². The molecule has 1 spiro atoms. The lowest BCUT2D eigenvalue weighted by molar-refractivity contribution is -0.121. The predicted molar refractivity (Wildman–Crippen MR) is 64.3 cm³/mol. The normalized spacial score (nSPS) is 27.2. The van der Waals surface area contributed by atoms with E-state index in [-0.39, 0.29) is 0 Å². The van der Waals surface area contributed by atoms with Gasteiger partial charge in [0, 0.05) is 38.3 Å². The zero-order chi connectivity index (χ0) is 11.6. The molecule has 0 bridgehead atoms. The first kappa shape index (κ1) is 11.9. The molecule has 2 fully saturated rings. The first-order valence-electron chi connectivity index (χ1n) is 6.33. The summed E-state index contributed by atoms with van der Waals surface area (Å²) in [5.41, 5.74) is 0.335. The number of piperidine rings is 1. The molecular weight excluding hydrogens is 202 g/mol. The van der Waals surface area contributed by atoms with E-state index < -0.39 is 0 Å². The summed E-state index contributed by atoms with van der Waals surface area (Å²) in [4.78, 5) is 17.7. The molecule has 92 valence electrons. The molecule has 1 amide bonds. The lowest BCUT2D eigenvalue weighted by atomic mass is 9.83. The van der Waals surface area contributed by atoms with Crippen LogP contribution < -0.4 is 0 Å². The summed E-state index contributed by atoms with van der Waals surface area (Å²) in [6, 6.07) is 0. The van der Waals surface area contributed by atoms with Gasteiger partial charge in [0.2, 0.25) is 6.41 Å². The third-order valence-corrected chi connectivity index (χ3v) is 4.25. The number of amides is 1. The second-order valence-corrected chi connectivity index (χ2v) is 5.18. The van der Waals surface area contributed by atoms with E-state index in [1.807, 2.05) is 4.90 Å². The summed E-state index contributed by atoms with van der Waals surface area (Å²) in [5.74, 6) is 0. The molecule has 0 saturated carbocycles. The predicted octanol–water partition coefficient (Wildman–Crippen LogP) is 0.245. The molecule has 4 heteroatoms. The Balaban J connectivity index is 2.06. The van der Waals surface area contributed by atoms with Gasteiger partial charge >= 0.3 is 0 Å². The van der Waals surface area contributed by atoms with Crippen LogP contribution in [0.2, 0.25) is 0 Å². The Morgan fingerprint density at radius 1 is 1.19 bits per heavy atom. The van der Waals surface area contributed by atoms with Crippen molar-refractivity contribution in [2.24, 2.45) is 0 Å². The van der Waals surface area contributed by atoms with Gasteiger partial charge in [0.05, 0.1) is 0 Å². The van der Waals surface area contributed by atoms with Crippen molar-refractivity contribution >= 4 is 6.41 Å². The molecule has 0 radical (unpaired) electrons. The minimum absolute atomic E-state index is 0.335. The number of nitrogens with zero attached hydrogens (tertiary/aromatic N) is 3. The summed E-state index contributed by atoms with van der Waals surface area (Å²) in [6.07, 6.45) is 3.25. The van der Waals surface area contributed by atoms with E-state index in [0.29, 0.717) is 5.54 Å². The van der Waals surface area contributed by atoms with E-state index in [4.69, 9.17) is 0 Å². The first-order valence-corrected chi connectivity index (χ1v) is 6.33. The summed E-state index contributed by atoms with van der Waals surface area (Å²) >= 11 is 0. The molecule has 2 saturated heterocycles. The number of hydrogen-bond acceptors (Lipinski definition) is 3. The van der Waals surface area contributed by atoms with Crippen LogP contribution in [-0.2, 0) is 4.79 Å². The molecule has 2 aliphatic rings. The Hall–Kier alpha value is -0.610. The monoisotopic (exact) mass is 225 g/mol. The topological polar surface area (TPSA) is 26.8 Å². The van der Waals surface area contributed by atoms with Gasteiger partial charge in [-0.3, -0.25) is 9.69 Å². The van der Waals surface area contributed by atoms with E-state index in [1.54, 1.807) is 0 Å². The number of likely N-dealkylation sites (N-methyl/N-ethyl adjacent to an activating group) is 2. The molecule has 0 N–H and O–H groups in total. The van der Waals surface area contributed by atoms with Gasteiger partial charge in [-0.05, 0) is 26.4 Å². The van der Waals surface area contributed by atoms with Crippen LogP contribution in [0.5, 0.6) is 0 Å². The number of likely N-dealkylation sites (tertiary alicyclic amines) is 1. The minimum atomic E-state index is 0.335. The summed E-state index contributed by atoms with van der Waals surface area (Å²) in [7, 11) is 2.21. The van der Waals surface area contributed by atoms with Crippen molar-refractivity contribution < 1.29 is 4.79 Å². The average molecular weight is 225 g/mol. The SMILES string of the molecule is CCN1CCN(C)CC12CCN(C=O)CC2. The van der Waals surface area contributed by atoms with Crippen molar-refractivity contribution in [1.82, 2.24) is 14.7 Å². The van der Waals surface area contributed by atoms with Crippen LogP contribution in [0.15, 0.2) is 0 Å². The summed E-state index contributed by atoms with van der Waals surface area (Å²) < 4.78 is 0. The molecule has 2 aliphatic heterocycles. The highest BCUT2D eigenvalue weighted by Gasteiger charge is 2.41. The van der Waals surface area contributed by atoms with Crippen molar-refractivity contribution in [1.29, 1.82) is 0 Å². The Kier molecular flexibility index (Phi) is 3.50. The van der Waals surface area contributed by atoms with Gasteiger partial charge in [0.15, 0.2) is 0 Å². The fourth-order valence-electron chi connectivity index (χ4n) is 3.22. The van der Waals surface area contributed by atoms with Gasteiger partial charge < -0.3 is 9.80 Å². The second kappa shape index (κ2) is 4.72. The number of piperazine rings is 1. The Bertz CT molecular complexity index is 249. The molecule has 4 nitrogen and oxygen atoms in total. The van der Waals surface area contributed by atoms with Crippen molar-refractivity contribution in [3.05, 3.63) is 0 Å². The molecule has 0 aromatic heterocycles.